The number of hydrogen-bond donors (Lipinski definition) is 1. The predicted octanol–water partition coefficient (Wildman–Crippen LogP) is 5.22. The number of H-pyrrole nitrogens is 1. The largest absolute Gasteiger partial charge is 0.497 e. The molecule has 0 saturated carbocycles. The van der Waals surface area contributed by atoms with Crippen molar-refractivity contribution >= 4 is 55.1 Å². The summed E-state index contributed by atoms with van der Waals surface area (Å²) < 4.78 is 9.90. The SMILES string of the molecule is COc1ccc(Br)c(-n2c(=S)[nH]c3cc(Br)ccc32)c1. The van der Waals surface area contributed by atoms with Gasteiger partial charge in [0, 0.05) is 15.0 Å². The maximum Gasteiger partial charge on any atom is 0.182 e. The van der Waals surface area contributed by atoms with Gasteiger partial charge < -0.3 is 9.72 Å². The van der Waals surface area contributed by atoms with Gasteiger partial charge in [0.1, 0.15) is 5.75 Å². The van der Waals surface area contributed by atoms with Crippen LogP contribution < -0.4 is 4.74 Å². The molecule has 102 valence electrons. The number of nitrogens with zero attached hydrogens (tertiary/aromatic N) is 1. The minimum Gasteiger partial charge on any atom is -0.497 e. The minimum absolute atomic E-state index is 0.645. The van der Waals surface area contributed by atoms with Crippen molar-refractivity contribution in [3.63, 3.8) is 0 Å². The lowest BCUT2D eigenvalue weighted by molar-refractivity contribution is 0.414. The molecule has 1 heterocycles. The second-order valence-corrected chi connectivity index (χ2v) is 6.40. The van der Waals surface area contributed by atoms with Crippen LogP contribution in [-0.2, 0) is 0 Å². The van der Waals surface area contributed by atoms with Crippen LogP contribution in [0.5, 0.6) is 5.75 Å². The van der Waals surface area contributed by atoms with Gasteiger partial charge >= 0.3 is 0 Å². The molecule has 2 aromatic carbocycles. The van der Waals surface area contributed by atoms with Gasteiger partial charge in [0.15, 0.2) is 4.77 Å². The maximum atomic E-state index is 5.45. The number of benzene rings is 2. The van der Waals surface area contributed by atoms with E-state index in [1.54, 1.807) is 7.11 Å². The lowest BCUT2D eigenvalue weighted by Crippen LogP contribution is -1.96. The molecular formula is C14H10Br2N2OS. The maximum absolute atomic E-state index is 5.45. The summed E-state index contributed by atoms with van der Waals surface area (Å²) >= 11 is 12.5. The molecule has 6 heteroatoms. The number of fused-ring (bicyclic) bond motifs is 1. The third-order valence-corrected chi connectivity index (χ3v) is 4.49. The molecule has 20 heavy (non-hydrogen) atoms. The van der Waals surface area contributed by atoms with Crippen LogP contribution in [0.3, 0.4) is 0 Å². The number of hydrogen-bond acceptors (Lipinski definition) is 2. The van der Waals surface area contributed by atoms with E-state index in [-0.39, 0.29) is 0 Å². The van der Waals surface area contributed by atoms with Crippen molar-refractivity contribution in [2.45, 2.75) is 0 Å². The molecule has 3 aromatic rings. The number of methoxy groups -OCH3 is 1. The molecule has 0 radical (unpaired) electrons. The van der Waals surface area contributed by atoms with Gasteiger partial charge in [-0.15, -0.1) is 0 Å². The average molecular weight is 414 g/mol. The first-order chi connectivity index (χ1) is 9.60. The summed E-state index contributed by atoms with van der Waals surface area (Å²) in [5.74, 6) is 0.788. The first kappa shape index (κ1) is 13.9. The van der Waals surface area contributed by atoms with Gasteiger partial charge in [-0.3, -0.25) is 4.57 Å². The molecule has 0 unspecified atom stereocenters. The smallest absolute Gasteiger partial charge is 0.182 e. The van der Waals surface area contributed by atoms with Crippen molar-refractivity contribution in [1.82, 2.24) is 9.55 Å². The standard InChI is InChI=1S/C14H10Br2N2OS/c1-19-9-3-4-10(16)13(7-9)18-12-5-2-8(15)6-11(12)17-14(18)20/h2-7H,1H3,(H,17,20). The summed E-state index contributed by atoms with van der Waals surface area (Å²) in [4.78, 5) is 3.22. The van der Waals surface area contributed by atoms with Crippen molar-refractivity contribution < 1.29 is 4.74 Å². The topological polar surface area (TPSA) is 29.9 Å². The average Bonchev–Trinajstić information content (AvgIpc) is 2.74. The van der Waals surface area contributed by atoms with Gasteiger partial charge in [0.25, 0.3) is 0 Å². The molecule has 3 rings (SSSR count). The van der Waals surface area contributed by atoms with Crippen molar-refractivity contribution in [1.29, 1.82) is 0 Å². The molecule has 1 aromatic heterocycles. The second-order valence-electron chi connectivity index (χ2n) is 4.24. The molecule has 0 spiro atoms. The van der Waals surface area contributed by atoms with E-state index in [4.69, 9.17) is 17.0 Å². The van der Waals surface area contributed by atoms with Crippen LogP contribution in [0.1, 0.15) is 0 Å². The molecule has 0 aliphatic heterocycles. The Kier molecular flexibility index (Phi) is 3.70. The fourth-order valence-electron chi connectivity index (χ4n) is 2.11. The molecule has 0 aliphatic rings. The Morgan fingerprint density at radius 1 is 1.15 bits per heavy atom. The molecule has 0 amide bonds. The lowest BCUT2D eigenvalue weighted by atomic mass is 10.2. The molecule has 0 aliphatic carbocycles. The third-order valence-electron chi connectivity index (χ3n) is 3.04. The van der Waals surface area contributed by atoms with Gasteiger partial charge in [0.2, 0.25) is 0 Å². The molecule has 0 saturated heterocycles. The number of rotatable bonds is 2. The lowest BCUT2D eigenvalue weighted by Gasteiger charge is -2.09. The zero-order valence-electron chi connectivity index (χ0n) is 10.5. The Morgan fingerprint density at radius 3 is 2.70 bits per heavy atom. The Hall–Kier alpha value is -1.11. The molecular weight excluding hydrogens is 404 g/mol. The van der Waals surface area contributed by atoms with E-state index >= 15 is 0 Å². The molecule has 1 N–H and O–H groups in total. The molecule has 0 fully saturated rings. The summed E-state index contributed by atoms with van der Waals surface area (Å²) in [5.41, 5.74) is 2.95. The van der Waals surface area contributed by atoms with Gasteiger partial charge in [-0.25, -0.2) is 0 Å². The van der Waals surface area contributed by atoms with E-state index in [1.165, 1.54) is 0 Å². The highest BCUT2D eigenvalue weighted by Gasteiger charge is 2.11. The van der Waals surface area contributed by atoms with Crippen molar-refractivity contribution in [3.05, 3.63) is 50.1 Å². The zero-order valence-corrected chi connectivity index (χ0v) is 14.5. The first-order valence-electron chi connectivity index (χ1n) is 5.84. The molecule has 3 nitrogen and oxygen atoms in total. The van der Waals surface area contributed by atoms with Gasteiger partial charge in [-0.1, -0.05) is 15.9 Å². The number of imidazole rings is 1. The number of aromatic amines is 1. The summed E-state index contributed by atoms with van der Waals surface area (Å²) in [7, 11) is 1.65. The van der Waals surface area contributed by atoms with Gasteiger partial charge in [0.05, 0.1) is 23.8 Å². The van der Waals surface area contributed by atoms with E-state index in [2.05, 4.69) is 36.8 Å². The Bertz CT molecular complexity index is 854. The number of aromatic nitrogens is 2. The summed E-state index contributed by atoms with van der Waals surface area (Å²) in [5, 5.41) is 0. The van der Waals surface area contributed by atoms with Crippen LogP contribution in [-0.4, -0.2) is 16.7 Å². The fraction of sp³-hybridized carbons (Fsp3) is 0.0714. The van der Waals surface area contributed by atoms with Crippen LogP contribution in [0, 0.1) is 4.77 Å². The zero-order chi connectivity index (χ0) is 14.3. The highest BCUT2D eigenvalue weighted by atomic mass is 79.9. The Morgan fingerprint density at radius 2 is 1.95 bits per heavy atom. The van der Waals surface area contributed by atoms with Crippen LogP contribution in [0.4, 0.5) is 0 Å². The van der Waals surface area contributed by atoms with E-state index < -0.39 is 0 Å². The van der Waals surface area contributed by atoms with Gasteiger partial charge in [-0.2, -0.15) is 0 Å². The van der Waals surface area contributed by atoms with E-state index in [0.29, 0.717) is 4.77 Å². The predicted molar refractivity (Wildman–Crippen MR) is 90.4 cm³/mol. The highest BCUT2D eigenvalue weighted by Crippen LogP contribution is 2.30. The van der Waals surface area contributed by atoms with E-state index in [1.807, 2.05) is 41.0 Å². The molecule has 0 bridgehead atoms. The quantitative estimate of drug-likeness (QED) is 0.583. The monoisotopic (exact) mass is 412 g/mol. The summed E-state index contributed by atoms with van der Waals surface area (Å²) in [6.07, 6.45) is 0. The first-order valence-corrected chi connectivity index (χ1v) is 7.84. The normalized spacial score (nSPS) is 10.9. The summed E-state index contributed by atoms with van der Waals surface area (Å²) in [6.45, 7) is 0. The van der Waals surface area contributed by atoms with Crippen LogP contribution in [0.2, 0.25) is 0 Å². The number of nitrogens with one attached hydrogen (secondary N) is 1. The fourth-order valence-corrected chi connectivity index (χ4v) is 3.21. The van der Waals surface area contributed by atoms with Crippen molar-refractivity contribution in [2.24, 2.45) is 0 Å². The number of ether oxygens (including phenoxy) is 1. The van der Waals surface area contributed by atoms with Crippen LogP contribution >= 0.6 is 44.1 Å². The van der Waals surface area contributed by atoms with E-state index in [9.17, 15) is 0 Å². The van der Waals surface area contributed by atoms with E-state index in [0.717, 1.165) is 31.4 Å². The Balaban J connectivity index is 2.34. The number of halogens is 2. The van der Waals surface area contributed by atoms with Crippen molar-refractivity contribution in [3.8, 4) is 11.4 Å². The Labute approximate surface area is 137 Å². The molecule has 0 atom stereocenters. The highest BCUT2D eigenvalue weighted by molar-refractivity contribution is 9.10. The second kappa shape index (κ2) is 5.35. The minimum atomic E-state index is 0.645. The van der Waals surface area contributed by atoms with Crippen LogP contribution in [0.25, 0.3) is 16.7 Å². The summed E-state index contributed by atoms with van der Waals surface area (Å²) in [6, 6.07) is 11.8. The van der Waals surface area contributed by atoms with Crippen molar-refractivity contribution in [2.75, 3.05) is 7.11 Å². The van der Waals surface area contributed by atoms with Crippen LogP contribution in [0.15, 0.2) is 45.3 Å². The van der Waals surface area contributed by atoms with Gasteiger partial charge in [-0.05, 0) is 58.5 Å². The third kappa shape index (κ3) is 2.32.